The maximum Gasteiger partial charge on any atom is 0.315 e. The van der Waals surface area contributed by atoms with Crippen molar-refractivity contribution < 1.29 is 9.53 Å². The number of hydrogen-bond donors (Lipinski definition) is 0. The number of rotatable bonds is 17. The zero-order valence-corrected chi connectivity index (χ0v) is 15.9. The Hall–Kier alpha value is -0.180. The zero-order chi connectivity index (χ0) is 16.3. The number of carbonyl (C=O) groups is 1. The highest BCUT2D eigenvalue weighted by molar-refractivity contribution is 7.99. The highest BCUT2D eigenvalue weighted by atomic mass is 32.2. The Morgan fingerprint density at radius 3 is 1.73 bits per heavy atom. The van der Waals surface area contributed by atoms with Gasteiger partial charge in [-0.3, -0.25) is 4.79 Å². The molecule has 0 amide bonds. The van der Waals surface area contributed by atoms with Crippen molar-refractivity contribution in [2.24, 2.45) is 0 Å². The van der Waals surface area contributed by atoms with E-state index in [1.165, 1.54) is 77.0 Å². The molecule has 3 heteroatoms. The second kappa shape index (κ2) is 18.9. The Kier molecular flexibility index (Phi) is 18.7. The molecule has 132 valence electrons. The van der Waals surface area contributed by atoms with Gasteiger partial charge in [0.25, 0.3) is 0 Å². The summed E-state index contributed by atoms with van der Waals surface area (Å²) in [5.41, 5.74) is 0. The van der Waals surface area contributed by atoms with E-state index in [2.05, 4.69) is 6.92 Å². The number of carbonyl (C=O) groups excluding carboxylic acids is 1. The van der Waals surface area contributed by atoms with Gasteiger partial charge in [-0.15, -0.1) is 0 Å². The molecule has 0 aliphatic rings. The van der Waals surface area contributed by atoms with Crippen molar-refractivity contribution in [3.05, 3.63) is 0 Å². The Morgan fingerprint density at radius 1 is 0.727 bits per heavy atom. The van der Waals surface area contributed by atoms with Gasteiger partial charge in [-0.2, -0.15) is 11.8 Å². The van der Waals surface area contributed by atoms with Gasteiger partial charge in [0, 0.05) is 0 Å². The standard InChI is InChI=1S/C19H38O2S/c1-3-5-6-7-8-9-10-11-12-13-14-15-17-22-18-19(20)21-16-4-2/h3-18H2,1-2H3. The Labute approximate surface area is 143 Å². The molecule has 0 saturated carbocycles. The largest absolute Gasteiger partial charge is 0.465 e. The molecule has 2 nitrogen and oxygen atoms in total. The molecule has 0 aliphatic carbocycles. The monoisotopic (exact) mass is 330 g/mol. The smallest absolute Gasteiger partial charge is 0.315 e. The first-order valence-electron chi connectivity index (χ1n) is 9.54. The van der Waals surface area contributed by atoms with Gasteiger partial charge in [0.1, 0.15) is 0 Å². The van der Waals surface area contributed by atoms with E-state index in [9.17, 15) is 4.79 Å². The van der Waals surface area contributed by atoms with Crippen molar-refractivity contribution in [2.45, 2.75) is 97.3 Å². The average Bonchev–Trinajstić information content (AvgIpc) is 2.53. The highest BCUT2D eigenvalue weighted by Crippen LogP contribution is 2.13. The van der Waals surface area contributed by atoms with Crippen LogP contribution < -0.4 is 0 Å². The number of hydrogen-bond acceptors (Lipinski definition) is 3. The van der Waals surface area contributed by atoms with Gasteiger partial charge in [-0.25, -0.2) is 0 Å². The van der Waals surface area contributed by atoms with Crippen molar-refractivity contribution in [3.8, 4) is 0 Å². The molecule has 0 N–H and O–H groups in total. The first-order valence-corrected chi connectivity index (χ1v) is 10.7. The lowest BCUT2D eigenvalue weighted by Crippen LogP contribution is -2.08. The fourth-order valence-electron chi connectivity index (χ4n) is 2.46. The van der Waals surface area contributed by atoms with Gasteiger partial charge in [-0.1, -0.05) is 84.5 Å². The second-order valence-corrected chi connectivity index (χ2v) is 7.27. The van der Waals surface area contributed by atoms with Crippen LogP contribution in [0.1, 0.15) is 97.3 Å². The quantitative estimate of drug-likeness (QED) is 0.229. The lowest BCUT2D eigenvalue weighted by atomic mass is 10.1. The number of thioether (sulfide) groups is 1. The lowest BCUT2D eigenvalue weighted by molar-refractivity contribution is -0.140. The predicted molar refractivity (Wildman–Crippen MR) is 99.7 cm³/mol. The van der Waals surface area contributed by atoms with Gasteiger partial charge in [-0.05, 0) is 18.6 Å². The van der Waals surface area contributed by atoms with E-state index in [0.717, 1.165) is 12.2 Å². The molecule has 0 aromatic heterocycles. The first-order chi connectivity index (χ1) is 10.8. The van der Waals surface area contributed by atoms with Crippen molar-refractivity contribution in [3.63, 3.8) is 0 Å². The van der Waals surface area contributed by atoms with Gasteiger partial charge in [0.05, 0.1) is 12.4 Å². The molecule has 0 aromatic carbocycles. The predicted octanol–water partition coefficient (Wildman–Crippen LogP) is 6.37. The summed E-state index contributed by atoms with van der Waals surface area (Å²) in [6.45, 7) is 4.86. The molecular formula is C19H38O2S. The first kappa shape index (κ1) is 21.8. The minimum Gasteiger partial charge on any atom is -0.465 e. The molecule has 0 rings (SSSR count). The topological polar surface area (TPSA) is 26.3 Å². The van der Waals surface area contributed by atoms with Crippen LogP contribution >= 0.6 is 11.8 Å². The van der Waals surface area contributed by atoms with Crippen molar-refractivity contribution in [1.82, 2.24) is 0 Å². The summed E-state index contributed by atoms with van der Waals surface area (Å²) in [4.78, 5) is 11.3. The van der Waals surface area contributed by atoms with Crippen molar-refractivity contribution in [2.75, 3.05) is 18.1 Å². The molecule has 0 bridgehead atoms. The summed E-state index contributed by atoms with van der Waals surface area (Å²) in [6.07, 6.45) is 17.5. The van der Waals surface area contributed by atoms with E-state index in [-0.39, 0.29) is 5.97 Å². The normalized spacial score (nSPS) is 10.8. The van der Waals surface area contributed by atoms with E-state index in [1.807, 2.05) is 6.92 Å². The van der Waals surface area contributed by atoms with Crippen LogP contribution in [0.15, 0.2) is 0 Å². The van der Waals surface area contributed by atoms with E-state index in [0.29, 0.717) is 12.4 Å². The Bertz CT molecular complexity index is 231. The molecule has 0 heterocycles. The van der Waals surface area contributed by atoms with Gasteiger partial charge >= 0.3 is 5.97 Å². The summed E-state index contributed by atoms with van der Waals surface area (Å²) >= 11 is 1.72. The fourth-order valence-corrected chi connectivity index (χ4v) is 3.26. The van der Waals surface area contributed by atoms with Crippen LogP contribution in [-0.4, -0.2) is 24.1 Å². The Morgan fingerprint density at radius 2 is 1.23 bits per heavy atom. The molecule has 22 heavy (non-hydrogen) atoms. The van der Waals surface area contributed by atoms with Crippen LogP contribution in [0.3, 0.4) is 0 Å². The van der Waals surface area contributed by atoms with Crippen LogP contribution in [-0.2, 0) is 9.53 Å². The SMILES string of the molecule is CCCCCCCCCCCCCCSCC(=O)OCCC. The van der Waals surface area contributed by atoms with E-state index in [1.54, 1.807) is 11.8 Å². The Balaban J connectivity index is 3.04. The summed E-state index contributed by atoms with van der Waals surface area (Å²) in [5.74, 6) is 1.57. The molecule has 0 atom stereocenters. The minimum atomic E-state index is -0.0502. The molecular weight excluding hydrogens is 292 g/mol. The van der Waals surface area contributed by atoms with Crippen LogP contribution in [0, 0.1) is 0 Å². The third-order valence-corrected chi connectivity index (χ3v) is 4.85. The van der Waals surface area contributed by atoms with E-state index in [4.69, 9.17) is 4.74 Å². The average molecular weight is 331 g/mol. The molecule has 0 aromatic rings. The van der Waals surface area contributed by atoms with Crippen LogP contribution in [0.4, 0.5) is 0 Å². The third-order valence-electron chi connectivity index (χ3n) is 3.83. The molecule has 0 saturated heterocycles. The van der Waals surface area contributed by atoms with Crippen molar-refractivity contribution in [1.29, 1.82) is 0 Å². The van der Waals surface area contributed by atoms with Crippen LogP contribution in [0.5, 0.6) is 0 Å². The van der Waals surface area contributed by atoms with Gasteiger partial charge < -0.3 is 4.74 Å². The third kappa shape index (κ3) is 17.9. The fraction of sp³-hybridized carbons (Fsp3) is 0.947. The van der Waals surface area contributed by atoms with Gasteiger partial charge in [0.2, 0.25) is 0 Å². The summed E-state index contributed by atoms with van der Waals surface area (Å²) in [6, 6.07) is 0. The number of esters is 1. The summed E-state index contributed by atoms with van der Waals surface area (Å²) < 4.78 is 5.04. The maximum absolute atomic E-state index is 11.3. The van der Waals surface area contributed by atoms with Gasteiger partial charge in [0.15, 0.2) is 0 Å². The van der Waals surface area contributed by atoms with E-state index >= 15 is 0 Å². The van der Waals surface area contributed by atoms with E-state index < -0.39 is 0 Å². The van der Waals surface area contributed by atoms with Crippen LogP contribution in [0.2, 0.25) is 0 Å². The van der Waals surface area contributed by atoms with Crippen LogP contribution in [0.25, 0.3) is 0 Å². The molecule has 0 spiro atoms. The lowest BCUT2D eigenvalue weighted by Gasteiger charge is -2.04. The molecule has 0 fully saturated rings. The zero-order valence-electron chi connectivity index (χ0n) is 15.0. The molecule has 0 unspecified atom stereocenters. The number of unbranched alkanes of at least 4 members (excludes halogenated alkanes) is 11. The summed E-state index contributed by atoms with van der Waals surface area (Å²) in [7, 11) is 0. The molecule has 0 radical (unpaired) electrons. The maximum atomic E-state index is 11.3. The summed E-state index contributed by atoms with van der Waals surface area (Å²) in [5, 5.41) is 0. The molecule has 0 aliphatic heterocycles. The minimum absolute atomic E-state index is 0.0502. The highest BCUT2D eigenvalue weighted by Gasteiger charge is 2.01. The second-order valence-electron chi connectivity index (χ2n) is 6.16. The number of ether oxygens (including phenoxy) is 1. The van der Waals surface area contributed by atoms with Crippen molar-refractivity contribution >= 4 is 17.7 Å².